The maximum absolute atomic E-state index is 13.0. The van der Waals surface area contributed by atoms with E-state index in [9.17, 15) is 23.1 Å². The van der Waals surface area contributed by atoms with Gasteiger partial charge in [0.25, 0.3) is 10.0 Å². The van der Waals surface area contributed by atoms with Crippen LogP contribution >= 0.6 is 0 Å². The van der Waals surface area contributed by atoms with Gasteiger partial charge in [0.15, 0.2) is 0 Å². The van der Waals surface area contributed by atoms with Crippen LogP contribution in [-0.2, 0) is 26.0 Å². The molecule has 1 aliphatic heterocycles. The van der Waals surface area contributed by atoms with E-state index in [0.29, 0.717) is 48.5 Å². The van der Waals surface area contributed by atoms with E-state index < -0.39 is 27.8 Å². The highest BCUT2D eigenvalue weighted by Crippen LogP contribution is 2.62. The van der Waals surface area contributed by atoms with Crippen LogP contribution in [0.4, 0.5) is 4.79 Å². The maximum atomic E-state index is 13.0. The zero-order valence-electron chi connectivity index (χ0n) is 28.1. The molecule has 0 saturated heterocycles. The number of fused-ring (bicyclic) bond motifs is 2. The number of carbonyl (C=O) groups excluding carboxylic acids is 2. The molecule has 8 nitrogen and oxygen atoms in total. The van der Waals surface area contributed by atoms with E-state index in [0.717, 1.165) is 56.9 Å². The molecular formula is C36H55NO7S. The second-order valence-corrected chi connectivity index (χ2v) is 17.2. The average molecular weight is 646 g/mol. The molecule has 45 heavy (non-hydrogen) atoms. The molecule has 252 valence electrons. The highest BCUT2D eigenvalue weighted by atomic mass is 32.2. The Bertz CT molecular complexity index is 1360. The third-order valence-electron chi connectivity index (χ3n) is 12.1. The molecule has 0 spiro atoms. The first-order chi connectivity index (χ1) is 21.2. The molecule has 0 aromatic heterocycles. The Labute approximate surface area is 270 Å². The molecule has 1 aromatic carbocycles. The number of aliphatic hydroxyl groups excluding tert-OH is 1. The van der Waals surface area contributed by atoms with Gasteiger partial charge < -0.3 is 14.6 Å². The lowest BCUT2D eigenvalue weighted by atomic mass is 9.45. The number of hydrogen-bond donors (Lipinski definition) is 2. The lowest BCUT2D eigenvalue weighted by molar-refractivity contribution is -0.167. The van der Waals surface area contributed by atoms with Crippen LogP contribution in [0.1, 0.15) is 111 Å². The second-order valence-electron chi connectivity index (χ2n) is 15.6. The summed E-state index contributed by atoms with van der Waals surface area (Å²) in [6.07, 6.45) is 8.68. The molecule has 3 fully saturated rings. The summed E-state index contributed by atoms with van der Waals surface area (Å²) in [5, 5.41) is 11.9. The minimum absolute atomic E-state index is 0.0125. The van der Waals surface area contributed by atoms with Crippen molar-refractivity contribution >= 4 is 21.9 Å². The van der Waals surface area contributed by atoms with Crippen molar-refractivity contribution in [2.45, 2.75) is 129 Å². The minimum atomic E-state index is -4.08. The fourth-order valence-electron chi connectivity index (χ4n) is 9.77. The quantitative estimate of drug-likeness (QED) is 0.279. The highest BCUT2D eigenvalue weighted by molar-refractivity contribution is 7.90. The molecule has 3 saturated carbocycles. The predicted molar refractivity (Wildman–Crippen MR) is 173 cm³/mol. The number of unbranched alkanes of at least 4 members (excludes halogenated alkanes) is 1. The van der Waals surface area contributed by atoms with Crippen molar-refractivity contribution in [2.24, 2.45) is 46.8 Å². The monoisotopic (exact) mass is 645 g/mol. The molecule has 1 amide bonds. The van der Waals surface area contributed by atoms with Crippen LogP contribution in [0.25, 0.3) is 0 Å². The van der Waals surface area contributed by atoms with Crippen molar-refractivity contribution in [3.63, 3.8) is 0 Å². The topological polar surface area (TPSA) is 119 Å². The number of rotatable bonds is 10. The molecule has 5 rings (SSSR count). The van der Waals surface area contributed by atoms with E-state index in [1.807, 2.05) is 13.8 Å². The predicted octanol–water partition coefficient (Wildman–Crippen LogP) is 7.07. The van der Waals surface area contributed by atoms with E-state index in [4.69, 9.17) is 9.47 Å². The van der Waals surface area contributed by atoms with Gasteiger partial charge >= 0.3 is 6.09 Å². The first-order valence-electron chi connectivity index (χ1n) is 17.4. The average Bonchev–Trinajstić information content (AvgIpc) is 3.58. The number of hydrogen-bond acceptors (Lipinski definition) is 7. The van der Waals surface area contributed by atoms with Crippen molar-refractivity contribution in [3.05, 3.63) is 23.8 Å². The Balaban J connectivity index is 1.20. The number of carbonyl (C=O) groups is 2. The van der Waals surface area contributed by atoms with Gasteiger partial charge in [-0.3, -0.25) is 4.79 Å². The SMILES string of the molecule is CCCC[C@H]1[C@H]([C@@H]2CC[C@H]([C@H](C)COC(=O)NS(=O)(=O)c3ccc4c(c3)CC(C)(C)O4)C2)[C@H](O)[C@H](CC)[C@@H]2CC(=O)CC[C@@]21C. The summed E-state index contributed by atoms with van der Waals surface area (Å²) in [4.78, 5) is 25.2. The van der Waals surface area contributed by atoms with Gasteiger partial charge in [-0.1, -0.05) is 47.0 Å². The Hall–Kier alpha value is -2.13. The van der Waals surface area contributed by atoms with Gasteiger partial charge in [0.1, 0.15) is 17.1 Å². The van der Waals surface area contributed by atoms with E-state index in [-0.39, 0.29) is 40.6 Å². The molecule has 0 bridgehead atoms. The second kappa shape index (κ2) is 13.2. The summed E-state index contributed by atoms with van der Waals surface area (Å²) in [6.45, 7) is 12.9. The fraction of sp³-hybridized carbons (Fsp3) is 0.778. The van der Waals surface area contributed by atoms with Gasteiger partial charge in [0, 0.05) is 19.3 Å². The van der Waals surface area contributed by atoms with Crippen molar-refractivity contribution in [3.8, 4) is 5.75 Å². The molecule has 1 aromatic rings. The zero-order valence-corrected chi connectivity index (χ0v) is 29.0. The van der Waals surface area contributed by atoms with Crippen LogP contribution in [0.2, 0.25) is 0 Å². The summed E-state index contributed by atoms with van der Waals surface area (Å²) >= 11 is 0. The third-order valence-corrected chi connectivity index (χ3v) is 13.5. The van der Waals surface area contributed by atoms with E-state index in [1.54, 1.807) is 12.1 Å². The zero-order chi connectivity index (χ0) is 32.7. The summed E-state index contributed by atoms with van der Waals surface area (Å²) in [5.41, 5.74) is 0.478. The number of amides is 1. The molecule has 0 unspecified atom stereocenters. The summed E-state index contributed by atoms with van der Waals surface area (Å²) in [7, 11) is -4.08. The van der Waals surface area contributed by atoms with Gasteiger partial charge in [-0.25, -0.2) is 17.9 Å². The molecular weight excluding hydrogens is 590 g/mol. The highest BCUT2D eigenvalue weighted by Gasteiger charge is 2.58. The Morgan fingerprint density at radius 3 is 2.67 bits per heavy atom. The van der Waals surface area contributed by atoms with Gasteiger partial charge in [-0.2, -0.15) is 0 Å². The number of Topliss-reactive ketones (excluding diaryl/α,β-unsaturated/α-hetero) is 1. The Morgan fingerprint density at radius 1 is 1.20 bits per heavy atom. The standard InChI is InChI=1S/C36H55NO7S/c1-7-9-10-29-32(33(39)28(8-2)30-19-26(38)15-16-36(29,30)6)24-12-11-23(17-24)22(3)21-43-34(40)37-45(41,42)27-13-14-31-25(18-27)20-35(4,5)44-31/h13-14,18,22-24,28-30,32-33,39H,7-12,15-17,19-21H2,1-6H3,(H,37,40)/t22-,23+,24-,28-,29+,30+,32+,33-,36-/m1/s1. The van der Waals surface area contributed by atoms with Crippen LogP contribution in [-0.4, -0.2) is 43.7 Å². The lowest BCUT2D eigenvalue weighted by Gasteiger charge is -2.60. The van der Waals surface area contributed by atoms with E-state index in [1.165, 1.54) is 6.07 Å². The van der Waals surface area contributed by atoms with Crippen molar-refractivity contribution < 1.29 is 32.6 Å². The summed E-state index contributed by atoms with van der Waals surface area (Å²) in [6, 6.07) is 4.64. The molecule has 2 N–H and O–H groups in total. The fourth-order valence-corrected chi connectivity index (χ4v) is 10.7. The third kappa shape index (κ3) is 6.95. The minimum Gasteiger partial charge on any atom is -0.487 e. The van der Waals surface area contributed by atoms with Crippen LogP contribution in [0, 0.1) is 46.8 Å². The first kappa shape index (κ1) is 34.2. The number of ketones is 1. The molecule has 9 atom stereocenters. The largest absolute Gasteiger partial charge is 0.487 e. The van der Waals surface area contributed by atoms with Crippen LogP contribution in [0.5, 0.6) is 5.75 Å². The number of benzene rings is 1. The van der Waals surface area contributed by atoms with Gasteiger partial charge in [0.05, 0.1) is 17.6 Å². The van der Waals surface area contributed by atoms with Crippen molar-refractivity contribution in [2.75, 3.05) is 6.61 Å². The van der Waals surface area contributed by atoms with Gasteiger partial charge in [-0.15, -0.1) is 0 Å². The molecule has 3 aliphatic carbocycles. The molecule has 1 heterocycles. The number of aliphatic hydroxyl groups is 1. The Kier molecular flexibility index (Phi) is 10.0. The maximum Gasteiger partial charge on any atom is 0.421 e. The Morgan fingerprint density at radius 2 is 1.96 bits per heavy atom. The first-order valence-corrected chi connectivity index (χ1v) is 18.9. The molecule has 0 radical (unpaired) electrons. The van der Waals surface area contributed by atoms with Crippen LogP contribution in [0.15, 0.2) is 23.1 Å². The number of nitrogens with one attached hydrogen (secondary N) is 1. The van der Waals surface area contributed by atoms with Crippen LogP contribution < -0.4 is 9.46 Å². The lowest BCUT2D eigenvalue weighted by Crippen LogP contribution is -2.58. The molecule has 9 heteroatoms. The van der Waals surface area contributed by atoms with Crippen molar-refractivity contribution in [1.29, 1.82) is 0 Å². The summed E-state index contributed by atoms with van der Waals surface area (Å²) < 4.78 is 39.3. The van der Waals surface area contributed by atoms with E-state index >= 15 is 0 Å². The van der Waals surface area contributed by atoms with Gasteiger partial charge in [-0.05, 0) is 117 Å². The number of sulfonamides is 1. The number of ether oxygens (including phenoxy) is 2. The van der Waals surface area contributed by atoms with Crippen molar-refractivity contribution in [1.82, 2.24) is 4.72 Å². The smallest absolute Gasteiger partial charge is 0.421 e. The summed E-state index contributed by atoms with van der Waals surface area (Å²) in [5.74, 6) is 2.82. The van der Waals surface area contributed by atoms with Crippen LogP contribution in [0.3, 0.4) is 0 Å². The normalized spacial score (nSPS) is 34.8. The van der Waals surface area contributed by atoms with E-state index in [2.05, 4.69) is 32.4 Å². The van der Waals surface area contributed by atoms with Gasteiger partial charge in [0.2, 0.25) is 0 Å². The molecule has 4 aliphatic rings.